The van der Waals surface area contributed by atoms with Crippen molar-refractivity contribution in [3.8, 4) is 0 Å². The molecule has 6 nitrogen and oxygen atoms in total. The quantitative estimate of drug-likeness (QED) is 0.527. The Labute approximate surface area is 165 Å². The zero-order chi connectivity index (χ0) is 20.1. The Hall–Kier alpha value is -2.57. The molecule has 0 aliphatic carbocycles. The molecule has 0 radical (unpaired) electrons. The van der Waals surface area contributed by atoms with Gasteiger partial charge in [0.2, 0.25) is 5.91 Å². The Balaban J connectivity index is 1.57. The van der Waals surface area contributed by atoms with Gasteiger partial charge in [-0.1, -0.05) is 13.8 Å². The first-order chi connectivity index (χ1) is 13.5. The zero-order valence-corrected chi connectivity index (χ0v) is 16.9. The molecule has 3 rings (SSSR count). The minimum Gasteiger partial charge on any atom is -0.361 e. The molecule has 0 saturated carbocycles. The second-order valence-corrected chi connectivity index (χ2v) is 7.58. The molecule has 1 aromatic heterocycles. The number of carbonyl (C=O) groups excluding carboxylic acids is 1. The first-order valence-electron chi connectivity index (χ1n) is 10.1. The zero-order valence-electron chi connectivity index (χ0n) is 16.9. The van der Waals surface area contributed by atoms with Gasteiger partial charge in [0.1, 0.15) is 5.82 Å². The van der Waals surface area contributed by atoms with Crippen molar-refractivity contribution in [1.82, 2.24) is 20.5 Å². The molecule has 0 spiro atoms. The van der Waals surface area contributed by atoms with Gasteiger partial charge in [-0.3, -0.25) is 9.79 Å². The van der Waals surface area contributed by atoms with E-state index in [1.807, 2.05) is 37.9 Å². The number of aliphatic imine (C=N–C) groups is 1. The number of likely N-dealkylation sites (tertiary alicyclic amines) is 1. The Kier molecular flexibility index (Phi) is 6.54. The van der Waals surface area contributed by atoms with Crippen molar-refractivity contribution in [2.24, 2.45) is 10.9 Å². The van der Waals surface area contributed by atoms with Crippen LogP contribution < -0.4 is 10.6 Å². The van der Waals surface area contributed by atoms with Crippen molar-refractivity contribution in [2.75, 3.05) is 26.2 Å². The van der Waals surface area contributed by atoms with E-state index < -0.39 is 0 Å². The Morgan fingerprint density at radius 2 is 2.25 bits per heavy atom. The smallest absolute Gasteiger partial charge is 0.225 e. The number of hydrogen-bond acceptors (Lipinski definition) is 2. The summed E-state index contributed by atoms with van der Waals surface area (Å²) in [5, 5.41) is 7.77. The monoisotopic (exact) mass is 387 g/mol. The van der Waals surface area contributed by atoms with Gasteiger partial charge in [-0.25, -0.2) is 4.39 Å². The molecule has 1 aliphatic rings. The summed E-state index contributed by atoms with van der Waals surface area (Å²) in [7, 11) is 0. The van der Waals surface area contributed by atoms with Crippen LogP contribution in [0.5, 0.6) is 0 Å². The van der Waals surface area contributed by atoms with Gasteiger partial charge in [0.15, 0.2) is 5.96 Å². The van der Waals surface area contributed by atoms with E-state index in [1.54, 1.807) is 0 Å². The summed E-state index contributed by atoms with van der Waals surface area (Å²) in [6, 6.07) is 5.02. The molecule has 1 aliphatic heterocycles. The van der Waals surface area contributed by atoms with Crippen LogP contribution in [0.15, 0.2) is 29.4 Å². The lowest BCUT2D eigenvalue weighted by Crippen LogP contribution is -2.45. The average molecular weight is 388 g/mol. The Bertz CT molecular complexity index is 844. The fourth-order valence-corrected chi connectivity index (χ4v) is 3.61. The number of carbonyl (C=O) groups is 1. The van der Waals surface area contributed by atoms with E-state index in [2.05, 4.69) is 20.6 Å². The van der Waals surface area contributed by atoms with Crippen molar-refractivity contribution in [2.45, 2.75) is 39.7 Å². The highest BCUT2D eigenvalue weighted by Crippen LogP contribution is 2.19. The number of nitrogens with zero attached hydrogens (tertiary/aromatic N) is 2. The lowest BCUT2D eigenvalue weighted by molar-refractivity contribution is -0.133. The van der Waals surface area contributed by atoms with E-state index >= 15 is 0 Å². The Morgan fingerprint density at radius 3 is 3.00 bits per heavy atom. The molecule has 0 bridgehead atoms. The van der Waals surface area contributed by atoms with Gasteiger partial charge in [0, 0.05) is 55.2 Å². The number of nitrogens with one attached hydrogen (secondary N) is 3. The largest absolute Gasteiger partial charge is 0.361 e. The highest BCUT2D eigenvalue weighted by molar-refractivity contribution is 5.83. The van der Waals surface area contributed by atoms with E-state index in [9.17, 15) is 9.18 Å². The molecule has 1 aromatic carbocycles. The van der Waals surface area contributed by atoms with Crippen LogP contribution in [0.4, 0.5) is 4.39 Å². The SMILES string of the molecule is CCNC(=NCCc1c[nH]c2cc(F)ccc12)NC1CCN(C(=O)C(C)C)C1. The van der Waals surface area contributed by atoms with Gasteiger partial charge in [-0.15, -0.1) is 0 Å². The number of benzene rings is 1. The molecule has 1 fully saturated rings. The third-order valence-electron chi connectivity index (χ3n) is 5.06. The molecule has 1 unspecified atom stereocenters. The minimum atomic E-state index is -0.237. The molecule has 7 heteroatoms. The molecule has 3 N–H and O–H groups in total. The van der Waals surface area contributed by atoms with Crippen molar-refractivity contribution in [3.63, 3.8) is 0 Å². The molecule has 152 valence electrons. The van der Waals surface area contributed by atoms with Gasteiger partial charge in [-0.05, 0) is 43.5 Å². The fraction of sp³-hybridized carbons (Fsp3) is 0.524. The van der Waals surface area contributed by atoms with Crippen LogP contribution in [0, 0.1) is 11.7 Å². The van der Waals surface area contributed by atoms with Crippen LogP contribution in [0.2, 0.25) is 0 Å². The summed E-state index contributed by atoms with van der Waals surface area (Å²) < 4.78 is 13.3. The predicted octanol–water partition coefficient (Wildman–Crippen LogP) is 2.66. The second-order valence-electron chi connectivity index (χ2n) is 7.58. The molecule has 1 saturated heterocycles. The summed E-state index contributed by atoms with van der Waals surface area (Å²) in [5.41, 5.74) is 1.94. The first-order valence-corrected chi connectivity index (χ1v) is 10.1. The summed E-state index contributed by atoms with van der Waals surface area (Å²) in [6.07, 6.45) is 3.62. The summed E-state index contributed by atoms with van der Waals surface area (Å²) in [6.45, 7) is 8.83. The van der Waals surface area contributed by atoms with Gasteiger partial charge < -0.3 is 20.5 Å². The van der Waals surface area contributed by atoms with Crippen molar-refractivity contribution >= 4 is 22.8 Å². The van der Waals surface area contributed by atoms with E-state index in [0.717, 1.165) is 54.9 Å². The van der Waals surface area contributed by atoms with Gasteiger partial charge in [-0.2, -0.15) is 0 Å². The second kappa shape index (κ2) is 9.08. The van der Waals surface area contributed by atoms with E-state index in [4.69, 9.17) is 0 Å². The Morgan fingerprint density at radius 1 is 1.43 bits per heavy atom. The number of H-pyrrole nitrogens is 1. The molecule has 1 amide bonds. The highest BCUT2D eigenvalue weighted by Gasteiger charge is 2.27. The van der Waals surface area contributed by atoms with Crippen molar-refractivity contribution < 1.29 is 9.18 Å². The van der Waals surface area contributed by atoms with Crippen LogP contribution in [0.25, 0.3) is 10.9 Å². The maximum Gasteiger partial charge on any atom is 0.225 e. The minimum absolute atomic E-state index is 0.0327. The van der Waals surface area contributed by atoms with Crippen molar-refractivity contribution in [3.05, 3.63) is 35.8 Å². The van der Waals surface area contributed by atoms with E-state index in [0.29, 0.717) is 6.54 Å². The maximum absolute atomic E-state index is 13.3. The number of aromatic amines is 1. The number of hydrogen-bond donors (Lipinski definition) is 3. The number of aromatic nitrogens is 1. The molecule has 1 atom stereocenters. The molecular weight excluding hydrogens is 357 g/mol. The third-order valence-corrected chi connectivity index (χ3v) is 5.06. The lowest BCUT2D eigenvalue weighted by Gasteiger charge is -2.20. The molecule has 28 heavy (non-hydrogen) atoms. The number of amides is 1. The number of halogens is 1. The summed E-state index contributed by atoms with van der Waals surface area (Å²) >= 11 is 0. The highest BCUT2D eigenvalue weighted by atomic mass is 19.1. The van der Waals surface area contributed by atoms with Crippen LogP contribution >= 0.6 is 0 Å². The van der Waals surface area contributed by atoms with Gasteiger partial charge >= 0.3 is 0 Å². The average Bonchev–Trinajstić information content (AvgIpc) is 3.28. The predicted molar refractivity (Wildman–Crippen MR) is 111 cm³/mol. The van der Waals surface area contributed by atoms with Crippen LogP contribution in [-0.2, 0) is 11.2 Å². The molecule has 2 aromatic rings. The standard InChI is InChI=1S/C21H30FN5O/c1-4-23-21(26-17-8-10-27(13-17)20(28)14(2)3)24-9-7-15-12-25-19-11-16(22)5-6-18(15)19/h5-6,11-12,14,17,25H,4,7-10,13H2,1-3H3,(H2,23,24,26). The first kappa shape index (κ1) is 20.2. The fourth-order valence-electron chi connectivity index (χ4n) is 3.61. The maximum atomic E-state index is 13.3. The molecule has 2 heterocycles. The summed E-state index contributed by atoms with van der Waals surface area (Å²) in [5.74, 6) is 0.781. The van der Waals surface area contributed by atoms with E-state index in [-0.39, 0.29) is 23.7 Å². The van der Waals surface area contributed by atoms with Crippen LogP contribution in [-0.4, -0.2) is 54.0 Å². The van der Waals surface area contributed by atoms with Gasteiger partial charge in [0.25, 0.3) is 0 Å². The number of rotatable bonds is 6. The van der Waals surface area contributed by atoms with Crippen LogP contribution in [0.1, 0.15) is 32.8 Å². The number of guanidine groups is 1. The number of fused-ring (bicyclic) bond motifs is 1. The van der Waals surface area contributed by atoms with Crippen LogP contribution in [0.3, 0.4) is 0 Å². The van der Waals surface area contributed by atoms with Gasteiger partial charge in [0.05, 0.1) is 0 Å². The topological polar surface area (TPSA) is 72.5 Å². The lowest BCUT2D eigenvalue weighted by atomic mass is 10.1. The molecular formula is C21H30FN5O. The summed E-state index contributed by atoms with van der Waals surface area (Å²) in [4.78, 5) is 21.9. The van der Waals surface area contributed by atoms with E-state index in [1.165, 1.54) is 12.1 Å². The third kappa shape index (κ3) is 4.82. The van der Waals surface area contributed by atoms with Crippen molar-refractivity contribution in [1.29, 1.82) is 0 Å². The normalized spacial score (nSPS) is 17.5.